The third-order valence-electron chi connectivity index (χ3n) is 5.14. The lowest BCUT2D eigenvalue weighted by Crippen LogP contribution is -2.40. The molecule has 4 nitrogen and oxygen atoms in total. The molecule has 0 radical (unpaired) electrons. The second-order valence-corrected chi connectivity index (χ2v) is 7.21. The first-order chi connectivity index (χ1) is 13.6. The van der Waals surface area contributed by atoms with Crippen molar-refractivity contribution in [3.63, 3.8) is 0 Å². The number of halogens is 2. The van der Waals surface area contributed by atoms with Crippen LogP contribution in [0.1, 0.15) is 36.0 Å². The van der Waals surface area contributed by atoms with Gasteiger partial charge in [0.1, 0.15) is 17.5 Å². The summed E-state index contributed by atoms with van der Waals surface area (Å²) in [5.74, 6) is -1.09. The van der Waals surface area contributed by atoms with Crippen molar-refractivity contribution in [2.45, 2.75) is 37.8 Å². The van der Waals surface area contributed by atoms with Gasteiger partial charge in [-0.2, -0.15) is 0 Å². The average molecular weight is 381 g/mol. The first-order valence-electron chi connectivity index (χ1n) is 9.46. The van der Waals surface area contributed by atoms with Crippen LogP contribution in [-0.2, 0) is 0 Å². The fourth-order valence-electron chi connectivity index (χ4n) is 3.69. The van der Waals surface area contributed by atoms with E-state index < -0.39 is 17.5 Å². The van der Waals surface area contributed by atoms with Crippen LogP contribution in [0.25, 0.3) is 10.9 Å². The van der Waals surface area contributed by atoms with E-state index in [-0.39, 0.29) is 17.6 Å². The highest BCUT2D eigenvalue weighted by Gasteiger charge is 2.23. The molecule has 4 rings (SSSR count). The lowest BCUT2D eigenvalue weighted by atomic mass is 9.91. The Bertz CT molecular complexity index is 980. The van der Waals surface area contributed by atoms with Crippen LogP contribution in [0.3, 0.4) is 0 Å². The van der Waals surface area contributed by atoms with Crippen molar-refractivity contribution in [3.05, 3.63) is 71.8 Å². The van der Waals surface area contributed by atoms with Gasteiger partial charge in [-0.05, 0) is 56.0 Å². The molecule has 144 valence electrons. The highest BCUT2D eigenvalue weighted by Crippen LogP contribution is 2.23. The van der Waals surface area contributed by atoms with Gasteiger partial charge in [-0.15, -0.1) is 0 Å². The van der Waals surface area contributed by atoms with E-state index in [2.05, 4.69) is 21.7 Å². The lowest BCUT2D eigenvalue weighted by Gasteiger charge is -2.30. The van der Waals surface area contributed by atoms with Crippen molar-refractivity contribution in [2.75, 3.05) is 5.32 Å². The third kappa shape index (κ3) is 4.27. The number of aromatic nitrogens is 1. The summed E-state index contributed by atoms with van der Waals surface area (Å²) in [6, 6.07) is 15.2. The number of hydrogen-bond donors (Lipinski definition) is 2. The summed E-state index contributed by atoms with van der Waals surface area (Å²) in [7, 11) is 0. The van der Waals surface area contributed by atoms with E-state index in [1.165, 1.54) is 0 Å². The predicted molar refractivity (Wildman–Crippen MR) is 105 cm³/mol. The Morgan fingerprint density at radius 3 is 2.32 bits per heavy atom. The van der Waals surface area contributed by atoms with Gasteiger partial charge in [0.2, 0.25) is 0 Å². The Morgan fingerprint density at radius 2 is 1.57 bits per heavy atom. The number of rotatable bonds is 4. The molecule has 0 saturated heterocycles. The molecule has 2 N–H and O–H groups in total. The maximum absolute atomic E-state index is 13.3. The van der Waals surface area contributed by atoms with Crippen LogP contribution in [0.15, 0.2) is 54.6 Å². The summed E-state index contributed by atoms with van der Waals surface area (Å²) >= 11 is 0. The maximum atomic E-state index is 13.3. The van der Waals surface area contributed by atoms with Crippen LogP contribution in [0.2, 0.25) is 0 Å². The number of nitrogens with one attached hydrogen (secondary N) is 2. The summed E-state index contributed by atoms with van der Waals surface area (Å²) < 4.78 is 26.6. The van der Waals surface area contributed by atoms with Crippen molar-refractivity contribution in [3.8, 4) is 0 Å². The average Bonchev–Trinajstić information content (AvgIpc) is 2.68. The minimum absolute atomic E-state index is 0.00133. The molecular weight excluding hydrogens is 360 g/mol. The zero-order chi connectivity index (χ0) is 19.5. The predicted octanol–water partition coefficient (Wildman–Crippen LogP) is 4.67. The van der Waals surface area contributed by atoms with Crippen LogP contribution in [0, 0.1) is 11.6 Å². The molecule has 1 aromatic heterocycles. The summed E-state index contributed by atoms with van der Waals surface area (Å²) in [5.41, 5.74) is 0.967. The molecule has 1 saturated carbocycles. The molecule has 1 fully saturated rings. The molecule has 1 aliphatic carbocycles. The largest absolute Gasteiger partial charge is 0.367 e. The quantitative estimate of drug-likeness (QED) is 0.691. The van der Waals surface area contributed by atoms with Gasteiger partial charge in [0, 0.05) is 29.1 Å². The molecule has 1 aliphatic rings. The molecule has 0 bridgehead atoms. The van der Waals surface area contributed by atoms with Gasteiger partial charge in [-0.3, -0.25) is 4.79 Å². The number of pyridine rings is 1. The molecular formula is C22H21F2N3O. The van der Waals surface area contributed by atoms with Crippen LogP contribution >= 0.6 is 0 Å². The van der Waals surface area contributed by atoms with Crippen LogP contribution in [0.5, 0.6) is 0 Å². The number of benzene rings is 2. The highest BCUT2D eigenvalue weighted by molar-refractivity contribution is 5.94. The number of carbonyl (C=O) groups excluding carboxylic acids is 1. The maximum Gasteiger partial charge on any atom is 0.251 e. The molecule has 0 atom stereocenters. The minimum Gasteiger partial charge on any atom is -0.367 e. The highest BCUT2D eigenvalue weighted by atomic mass is 19.1. The number of anilines is 1. The van der Waals surface area contributed by atoms with Crippen molar-refractivity contribution in [2.24, 2.45) is 0 Å². The van der Waals surface area contributed by atoms with Crippen molar-refractivity contribution in [1.29, 1.82) is 0 Å². The lowest BCUT2D eigenvalue weighted by molar-refractivity contribution is 0.0925. The Hall–Kier alpha value is -3.02. The number of carbonyl (C=O) groups is 1. The Labute approximate surface area is 162 Å². The fraction of sp³-hybridized carbons (Fsp3) is 0.273. The second kappa shape index (κ2) is 7.92. The first-order valence-corrected chi connectivity index (χ1v) is 9.46. The first kappa shape index (κ1) is 18.3. The van der Waals surface area contributed by atoms with E-state index in [9.17, 15) is 13.6 Å². The normalized spacial score (nSPS) is 19.4. The molecule has 0 aliphatic heterocycles. The zero-order valence-electron chi connectivity index (χ0n) is 15.3. The standard InChI is InChI=1S/C22H21F2N3O/c23-16-11-15(12-17(24)13-16)22(28)26-19-8-6-18(7-9-19)25-21-10-5-14-3-1-2-4-20(14)27-21/h1-5,10-13,18-19H,6-9H2,(H,25,27)(H,26,28)/t18-,19+. The number of nitrogens with zero attached hydrogens (tertiary/aromatic N) is 1. The van der Waals surface area contributed by atoms with Crippen molar-refractivity contribution < 1.29 is 13.6 Å². The second-order valence-electron chi connectivity index (χ2n) is 7.21. The fourth-order valence-corrected chi connectivity index (χ4v) is 3.69. The third-order valence-corrected chi connectivity index (χ3v) is 5.14. The van der Waals surface area contributed by atoms with Crippen molar-refractivity contribution in [1.82, 2.24) is 10.3 Å². The molecule has 1 heterocycles. The van der Waals surface area contributed by atoms with Gasteiger partial charge in [0.15, 0.2) is 0 Å². The monoisotopic (exact) mass is 381 g/mol. The number of hydrogen-bond acceptors (Lipinski definition) is 3. The van der Waals surface area contributed by atoms with E-state index in [0.29, 0.717) is 0 Å². The molecule has 1 amide bonds. The SMILES string of the molecule is O=C(N[C@H]1CC[C@@H](Nc2ccc3ccccc3n2)CC1)c1cc(F)cc(F)c1. The van der Waals surface area contributed by atoms with E-state index in [0.717, 1.165) is 60.6 Å². The van der Waals surface area contributed by atoms with Gasteiger partial charge >= 0.3 is 0 Å². The summed E-state index contributed by atoms with van der Waals surface area (Å²) in [4.78, 5) is 16.9. The van der Waals surface area contributed by atoms with Crippen LogP contribution < -0.4 is 10.6 Å². The Kier molecular flexibility index (Phi) is 5.19. The van der Waals surface area contributed by atoms with Crippen LogP contribution in [0.4, 0.5) is 14.6 Å². The molecule has 28 heavy (non-hydrogen) atoms. The molecule has 0 unspecified atom stereocenters. The molecule has 6 heteroatoms. The number of para-hydroxylation sites is 1. The molecule has 3 aromatic rings. The van der Waals surface area contributed by atoms with E-state index in [1.54, 1.807) is 0 Å². The van der Waals surface area contributed by atoms with E-state index >= 15 is 0 Å². The summed E-state index contributed by atoms with van der Waals surface area (Å²) in [6.45, 7) is 0. The topological polar surface area (TPSA) is 54.0 Å². The number of fused-ring (bicyclic) bond motifs is 1. The zero-order valence-corrected chi connectivity index (χ0v) is 15.3. The smallest absolute Gasteiger partial charge is 0.251 e. The Morgan fingerprint density at radius 1 is 0.893 bits per heavy atom. The Balaban J connectivity index is 1.32. The van der Waals surface area contributed by atoms with Crippen molar-refractivity contribution >= 4 is 22.6 Å². The summed E-state index contributed by atoms with van der Waals surface area (Å²) in [6.07, 6.45) is 3.37. The van der Waals surface area contributed by atoms with Crippen LogP contribution in [-0.4, -0.2) is 23.0 Å². The van der Waals surface area contributed by atoms with Gasteiger partial charge in [-0.25, -0.2) is 13.8 Å². The summed E-state index contributed by atoms with van der Waals surface area (Å²) in [5, 5.41) is 7.46. The van der Waals surface area contributed by atoms with E-state index in [4.69, 9.17) is 0 Å². The van der Waals surface area contributed by atoms with Gasteiger partial charge in [-0.1, -0.05) is 18.2 Å². The van der Waals surface area contributed by atoms with Gasteiger partial charge < -0.3 is 10.6 Å². The molecule has 2 aromatic carbocycles. The van der Waals surface area contributed by atoms with Gasteiger partial charge in [0.05, 0.1) is 5.52 Å². The van der Waals surface area contributed by atoms with E-state index in [1.807, 2.05) is 30.3 Å². The number of amides is 1. The molecule has 0 spiro atoms. The minimum atomic E-state index is -0.749. The van der Waals surface area contributed by atoms with Gasteiger partial charge in [0.25, 0.3) is 5.91 Å².